The molecule has 1 rings (SSSR count). The molecule has 0 bridgehead atoms. The average Bonchev–Trinajstić information content (AvgIpc) is 1.95. The molecule has 0 spiro atoms. The molecule has 1 heterocycles. The van der Waals surface area contributed by atoms with Crippen LogP contribution in [0.5, 0.6) is 0 Å². The van der Waals surface area contributed by atoms with Crippen molar-refractivity contribution in [2.24, 2.45) is 0 Å². The molecule has 1 saturated heterocycles. The summed E-state index contributed by atoms with van der Waals surface area (Å²) in [5.41, 5.74) is 0. The lowest BCUT2D eigenvalue weighted by atomic mass is 10.2. The highest BCUT2D eigenvalue weighted by molar-refractivity contribution is 4.75. The minimum Gasteiger partial charge on any atom is -0.301 e. The molecule has 0 aromatic carbocycles. The van der Waals surface area contributed by atoms with Crippen molar-refractivity contribution in [3.05, 3.63) is 0 Å². The Morgan fingerprint density at radius 3 is 2.60 bits per heavy atom. The molecule has 0 aliphatic carbocycles. The molecule has 10 heavy (non-hydrogen) atoms. The van der Waals surface area contributed by atoms with Gasteiger partial charge >= 0.3 is 0 Å². The average molecular weight is 142 g/mol. The first-order chi connectivity index (χ1) is 4.74. The smallest absolute Gasteiger partial charge is 0.0192 e. The van der Waals surface area contributed by atoms with Crippen LogP contribution in [-0.4, -0.2) is 49.1 Å². The van der Waals surface area contributed by atoms with Crippen LogP contribution in [0.25, 0.3) is 0 Å². The first kappa shape index (κ1) is 8.02. The summed E-state index contributed by atoms with van der Waals surface area (Å²) >= 11 is 0. The summed E-state index contributed by atoms with van der Waals surface area (Å²) in [7, 11) is 2.21. The van der Waals surface area contributed by atoms with E-state index < -0.39 is 0 Å². The van der Waals surface area contributed by atoms with Gasteiger partial charge in [0.2, 0.25) is 0 Å². The van der Waals surface area contributed by atoms with Gasteiger partial charge in [0, 0.05) is 25.7 Å². The first-order valence-electron chi connectivity index (χ1n) is 4.16. The third-order valence-corrected chi connectivity index (χ3v) is 2.49. The number of likely N-dealkylation sites (N-methyl/N-ethyl adjacent to an activating group) is 2. The Morgan fingerprint density at radius 1 is 1.40 bits per heavy atom. The molecule has 0 aromatic heterocycles. The second-order valence-electron chi connectivity index (χ2n) is 3.22. The van der Waals surface area contributed by atoms with Crippen molar-refractivity contribution in [3.8, 4) is 0 Å². The first-order valence-corrected chi connectivity index (χ1v) is 4.16. The quantitative estimate of drug-likeness (QED) is 0.530. The molecule has 2 heteroatoms. The molecule has 1 atom stereocenters. The van der Waals surface area contributed by atoms with Crippen molar-refractivity contribution >= 4 is 0 Å². The van der Waals surface area contributed by atoms with E-state index >= 15 is 0 Å². The van der Waals surface area contributed by atoms with E-state index in [9.17, 15) is 0 Å². The Kier molecular flexibility index (Phi) is 2.69. The van der Waals surface area contributed by atoms with Crippen molar-refractivity contribution in [1.29, 1.82) is 0 Å². The fourth-order valence-electron chi connectivity index (χ4n) is 1.41. The Balaban J connectivity index is 2.33. The van der Waals surface area contributed by atoms with Crippen molar-refractivity contribution in [2.75, 3.05) is 33.2 Å². The van der Waals surface area contributed by atoms with E-state index in [4.69, 9.17) is 0 Å². The maximum atomic E-state index is 2.50. The molecular formula is C8H18N2. The molecule has 0 radical (unpaired) electrons. The minimum absolute atomic E-state index is 0.744. The summed E-state index contributed by atoms with van der Waals surface area (Å²) in [5.74, 6) is 0. The maximum absolute atomic E-state index is 2.50. The van der Waals surface area contributed by atoms with Crippen LogP contribution in [0.2, 0.25) is 0 Å². The number of hydrogen-bond acceptors (Lipinski definition) is 2. The van der Waals surface area contributed by atoms with Gasteiger partial charge in [-0.1, -0.05) is 6.92 Å². The van der Waals surface area contributed by atoms with Gasteiger partial charge < -0.3 is 9.80 Å². The van der Waals surface area contributed by atoms with Gasteiger partial charge in [0.05, 0.1) is 0 Å². The van der Waals surface area contributed by atoms with E-state index in [-0.39, 0.29) is 0 Å². The third kappa shape index (κ3) is 1.70. The van der Waals surface area contributed by atoms with Crippen LogP contribution in [0.1, 0.15) is 13.8 Å². The summed E-state index contributed by atoms with van der Waals surface area (Å²) in [6, 6.07) is 0.744. The number of nitrogens with zero attached hydrogens (tertiary/aromatic N) is 2. The van der Waals surface area contributed by atoms with Crippen LogP contribution in [0.3, 0.4) is 0 Å². The molecule has 0 N–H and O–H groups in total. The van der Waals surface area contributed by atoms with Crippen molar-refractivity contribution < 1.29 is 0 Å². The van der Waals surface area contributed by atoms with Gasteiger partial charge in [0.25, 0.3) is 0 Å². The zero-order valence-electron chi connectivity index (χ0n) is 7.30. The number of hydrogen-bond donors (Lipinski definition) is 0. The number of rotatable bonds is 1. The lowest BCUT2D eigenvalue weighted by Crippen LogP contribution is -2.49. The van der Waals surface area contributed by atoms with Crippen LogP contribution in [0, 0.1) is 0 Å². The Hall–Kier alpha value is -0.0800. The SMILES string of the molecule is CCN1CCN(C)C(C)C1. The monoisotopic (exact) mass is 142 g/mol. The van der Waals surface area contributed by atoms with Crippen LogP contribution < -0.4 is 0 Å². The summed E-state index contributed by atoms with van der Waals surface area (Å²) in [4.78, 5) is 4.93. The highest BCUT2D eigenvalue weighted by atomic mass is 15.3. The zero-order valence-corrected chi connectivity index (χ0v) is 7.30. The van der Waals surface area contributed by atoms with Crippen LogP contribution in [-0.2, 0) is 0 Å². The molecule has 1 aliphatic rings. The lowest BCUT2D eigenvalue weighted by Gasteiger charge is -2.37. The molecule has 2 nitrogen and oxygen atoms in total. The summed E-state index contributed by atoms with van der Waals surface area (Å²) in [5, 5.41) is 0. The standard InChI is InChI=1S/C8H18N2/c1-4-10-6-5-9(3)8(2)7-10/h8H,4-7H2,1-3H3. The highest BCUT2D eigenvalue weighted by Crippen LogP contribution is 2.05. The van der Waals surface area contributed by atoms with Crippen LogP contribution >= 0.6 is 0 Å². The molecule has 1 fully saturated rings. The fourth-order valence-corrected chi connectivity index (χ4v) is 1.41. The zero-order chi connectivity index (χ0) is 7.56. The Morgan fingerprint density at radius 2 is 2.10 bits per heavy atom. The van der Waals surface area contributed by atoms with E-state index in [0.29, 0.717) is 0 Å². The van der Waals surface area contributed by atoms with Gasteiger partial charge in [-0.05, 0) is 20.5 Å². The van der Waals surface area contributed by atoms with Gasteiger partial charge in [-0.3, -0.25) is 0 Å². The van der Waals surface area contributed by atoms with Crippen molar-refractivity contribution in [1.82, 2.24) is 9.80 Å². The van der Waals surface area contributed by atoms with E-state index in [2.05, 4.69) is 30.7 Å². The van der Waals surface area contributed by atoms with Crippen LogP contribution in [0.15, 0.2) is 0 Å². The minimum atomic E-state index is 0.744. The molecule has 0 saturated carbocycles. The van der Waals surface area contributed by atoms with Gasteiger partial charge in [0.1, 0.15) is 0 Å². The van der Waals surface area contributed by atoms with Crippen LogP contribution in [0.4, 0.5) is 0 Å². The van der Waals surface area contributed by atoms with Crippen molar-refractivity contribution in [3.63, 3.8) is 0 Å². The van der Waals surface area contributed by atoms with Gasteiger partial charge in [-0.15, -0.1) is 0 Å². The normalized spacial score (nSPS) is 30.9. The van der Waals surface area contributed by atoms with E-state index in [1.54, 1.807) is 0 Å². The summed E-state index contributed by atoms with van der Waals surface area (Å²) < 4.78 is 0. The fraction of sp³-hybridized carbons (Fsp3) is 1.00. The largest absolute Gasteiger partial charge is 0.301 e. The van der Waals surface area contributed by atoms with Crippen molar-refractivity contribution in [2.45, 2.75) is 19.9 Å². The summed E-state index contributed by atoms with van der Waals surface area (Å²) in [6.07, 6.45) is 0. The molecule has 0 aromatic rings. The molecule has 1 aliphatic heterocycles. The van der Waals surface area contributed by atoms with E-state index in [1.807, 2.05) is 0 Å². The summed E-state index contributed by atoms with van der Waals surface area (Å²) in [6.45, 7) is 9.46. The van der Waals surface area contributed by atoms with Gasteiger partial charge in [-0.2, -0.15) is 0 Å². The third-order valence-electron chi connectivity index (χ3n) is 2.49. The topological polar surface area (TPSA) is 6.48 Å². The molecule has 1 unspecified atom stereocenters. The number of piperazine rings is 1. The second kappa shape index (κ2) is 3.35. The van der Waals surface area contributed by atoms with E-state index in [1.165, 1.54) is 26.2 Å². The molecule has 60 valence electrons. The predicted octanol–water partition coefficient (Wildman–Crippen LogP) is 0.642. The Labute approximate surface area is 63.8 Å². The molecular weight excluding hydrogens is 124 g/mol. The predicted molar refractivity (Wildman–Crippen MR) is 44.2 cm³/mol. The second-order valence-corrected chi connectivity index (χ2v) is 3.22. The van der Waals surface area contributed by atoms with E-state index in [0.717, 1.165) is 6.04 Å². The highest BCUT2D eigenvalue weighted by Gasteiger charge is 2.18. The Bertz CT molecular complexity index is 103. The lowest BCUT2D eigenvalue weighted by molar-refractivity contribution is 0.110. The maximum Gasteiger partial charge on any atom is 0.0192 e. The van der Waals surface area contributed by atoms with Gasteiger partial charge in [0.15, 0.2) is 0 Å². The van der Waals surface area contributed by atoms with Gasteiger partial charge in [-0.25, -0.2) is 0 Å². The molecule has 0 amide bonds.